The molecule has 1 saturated heterocycles. The molecular formula is C36H41N3O6. The summed E-state index contributed by atoms with van der Waals surface area (Å²) in [6, 6.07) is 22.4. The molecule has 0 unspecified atom stereocenters. The molecule has 3 amide bonds. The largest absolute Gasteiger partial charge is 0.497 e. The third-order valence-corrected chi connectivity index (χ3v) is 8.70. The Morgan fingerprint density at radius 3 is 2.49 bits per heavy atom. The molecule has 3 aromatic carbocycles. The minimum atomic E-state index is -1.88. The van der Waals surface area contributed by atoms with Gasteiger partial charge in [0.05, 0.1) is 25.9 Å². The average molecular weight is 612 g/mol. The van der Waals surface area contributed by atoms with Crippen molar-refractivity contribution in [1.82, 2.24) is 4.90 Å². The zero-order chi connectivity index (χ0) is 32.0. The van der Waals surface area contributed by atoms with Gasteiger partial charge in [-0.1, -0.05) is 61.5 Å². The first-order valence-electron chi connectivity index (χ1n) is 15.5. The van der Waals surface area contributed by atoms with Gasteiger partial charge in [0.1, 0.15) is 5.75 Å². The summed E-state index contributed by atoms with van der Waals surface area (Å²) in [5.41, 5.74) is 1.82. The van der Waals surface area contributed by atoms with Crippen molar-refractivity contribution >= 4 is 29.1 Å². The number of rotatable bonds is 12. The molecule has 0 aliphatic carbocycles. The minimum Gasteiger partial charge on any atom is -0.497 e. The summed E-state index contributed by atoms with van der Waals surface area (Å²) in [5, 5.41) is 21.6. The molecule has 2 heterocycles. The monoisotopic (exact) mass is 611 g/mol. The Labute approximate surface area is 264 Å². The first kappa shape index (κ1) is 31.9. The van der Waals surface area contributed by atoms with E-state index in [0.717, 1.165) is 29.7 Å². The van der Waals surface area contributed by atoms with Gasteiger partial charge in [-0.2, -0.15) is 0 Å². The maximum atomic E-state index is 14.0. The predicted octanol–water partition coefficient (Wildman–Crippen LogP) is 4.55. The molecule has 0 saturated carbocycles. The molecule has 5 rings (SSSR count). The zero-order valence-corrected chi connectivity index (χ0v) is 25.9. The smallest absolute Gasteiger partial charge is 0.264 e. The van der Waals surface area contributed by atoms with E-state index in [4.69, 9.17) is 4.74 Å². The van der Waals surface area contributed by atoms with Crippen LogP contribution >= 0.6 is 0 Å². The van der Waals surface area contributed by atoms with Gasteiger partial charge in [-0.15, -0.1) is 0 Å². The van der Waals surface area contributed by atoms with Crippen LogP contribution in [-0.2, 0) is 33.1 Å². The molecule has 236 valence electrons. The lowest BCUT2D eigenvalue weighted by Crippen LogP contribution is -2.44. The number of anilines is 2. The number of carbonyl (C=O) groups excluding carboxylic acids is 3. The number of hydrogen-bond acceptors (Lipinski definition) is 6. The molecule has 2 aliphatic heterocycles. The summed E-state index contributed by atoms with van der Waals surface area (Å²) in [6.45, 7) is 3.13. The number of aliphatic hydroxyl groups excluding tert-OH is 1. The molecule has 3 aromatic rings. The molecular weight excluding hydrogens is 570 g/mol. The molecule has 0 spiro atoms. The van der Waals surface area contributed by atoms with Crippen LogP contribution in [0.15, 0.2) is 84.9 Å². The third kappa shape index (κ3) is 6.79. The summed E-state index contributed by atoms with van der Waals surface area (Å²) in [4.78, 5) is 44.4. The molecule has 9 nitrogen and oxygen atoms in total. The van der Waals surface area contributed by atoms with Crippen LogP contribution in [0.3, 0.4) is 0 Å². The van der Waals surface area contributed by atoms with Crippen LogP contribution in [-0.4, -0.2) is 59.6 Å². The van der Waals surface area contributed by atoms with Crippen LogP contribution in [0.1, 0.15) is 49.3 Å². The fourth-order valence-corrected chi connectivity index (χ4v) is 6.11. The Balaban J connectivity index is 1.33. The second-order valence-corrected chi connectivity index (χ2v) is 11.7. The number of hydrogen-bond donors (Lipinski definition) is 2. The van der Waals surface area contributed by atoms with E-state index in [9.17, 15) is 24.6 Å². The van der Waals surface area contributed by atoms with E-state index in [1.54, 1.807) is 52.0 Å². The van der Waals surface area contributed by atoms with Gasteiger partial charge in [0.15, 0.2) is 5.60 Å². The van der Waals surface area contributed by atoms with E-state index in [1.165, 1.54) is 7.11 Å². The lowest BCUT2D eigenvalue weighted by atomic mass is 9.83. The Kier molecular flexibility index (Phi) is 10.0. The number of piperidine rings is 1. The molecule has 2 aliphatic rings. The molecule has 9 heteroatoms. The predicted molar refractivity (Wildman–Crippen MR) is 173 cm³/mol. The van der Waals surface area contributed by atoms with E-state index in [0.29, 0.717) is 36.5 Å². The summed E-state index contributed by atoms with van der Waals surface area (Å²) in [5.74, 6) is -0.654. The highest BCUT2D eigenvalue weighted by Gasteiger charge is 2.52. The molecule has 0 aromatic heterocycles. The van der Waals surface area contributed by atoms with Gasteiger partial charge >= 0.3 is 0 Å². The number of carbonyl (C=O) groups is 3. The minimum absolute atomic E-state index is 0.0575. The van der Waals surface area contributed by atoms with Crippen LogP contribution < -0.4 is 14.5 Å². The molecule has 2 atom stereocenters. The topological polar surface area (TPSA) is 111 Å². The van der Waals surface area contributed by atoms with Gasteiger partial charge in [0.2, 0.25) is 11.8 Å². The zero-order valence-electron chi connectivity index (χ0n) is 25.9. The number of aliphatic hydroxyl groups is 2. The van der Waals surface area contributed by atoms with Crippen LogP contribution in [0.2, 0.25) is 0 Å². The fraction of sp³-hybridized carbons (Fsp3) is 0.361. The van der Waals surface area contributed by atoms with Crippen LogP contribution in [0.25, 0.3) is 0 Å². The van der Waals surface area contributed by atoms with Gasteiger partial charge in [-0.05, 0) is 54.3 Å². The van der Waals surface area contributed by atoms with Crippen LogP contribution in [0, 0.1) is 5.92 Å². The highest BCUT2D eigenvalue weighted by atomic mass is 16.5. The van der Waals surface area contributed by atoms with Crippen molar-refractivity contribution in [2.75, 3.05) is 36.6 Å². The number of ether oxygens (including phenoxy) is 1. The molecule has 2 N–H and O–H groups in total. The van der Waals surface area contributed by atoms with Crippen molar-refractivity contribution in [2.45, 2.75) is 51.3 Å². The van der Waals surface area contributed by atoms with E-state index in [-0.39, 0.29) is 37.9 Å². The second-order valence-electron chi connectivity index (χ2n) is 11.7. The maximum Gasteiger partial charge on any atom is 0.264 e. The number of amides is 3. The summed E-state index contributed by atoms with van der Waals surface area (Å²) >= 11 is 0. The maximum absolute atomic E-state index is 14.0. The van der Waals surface area contributed by atoms with E-state index >= 15 is 0 Å². The van der Waals surface area contributed by atoms with Crippen LogP contribution in [0.5, 0.6) is 5.75 Å². The SMILES string of the molecule is COc1ccc2c(c1)[C@@](O)([C@H](C)/C=C/CC(=O)N(CCO)Cc1ccccc1)C(=O)N2Cc1ccc(N2CCCCC2=O)cc1. The highest BCUT2D eigenvalue weighted by Crippen LogP contribution is 2.47. The summed E-state index contributed by atoms with van der Waals surface area (Å²) in [7, 11) is 1.53. The normalized spacial score (nSPS) is 18.8. The first-order valence-corrected chi connectivity index (χ1v) is 15.5. The van der Waals surface area contributed by atoms with Crippen LogP contribution in [0.4, 0.5) is 11.4 Å². The number of benzene rings is 3. The van der Waals surface area contributed by atoms with Crippen molar-refractivity contribution in [1.29, 1.82) is 0 Å². The Morgan fingerprint density at radius 2 is 1.80 bits per heavy atom. The third-order valence-electron chi connectivity index (χ3n) is 8.70. The molecule has 0 bridgehead atoms. The summed E-state index contributed by atoms with van der Waals surface area (Å²) < 4.78 is 5.43. The first-order chi connectivity index (χ1) is 21.8. The van der Waals surface area contributed by atoms with E-state index in [2.05, 4.69) is 0 Å². The Morgan fingerprint density at radius 1 is 1.04 bits per heavy atom. The van der Waals surface area contributed by atoms with Gasteiger partial charge in [-0.25, -0.2) is 0 Å². The lowest BCUT2D eigenvalue weighted by molar-refractivity contribution is -0.139. The highest BCUT2D eigenvalue weighted by molar-refractivity contribution is 6.07. The lowest BCUT2D eigenvalue weighted by Gasteiger charge is -2.28. The van der Waals surface area contributed by atoms with Crippen molar-refractivity contribution < 1.29 is 29.3 Å². The van der Waals surface area contributed by atoms with Gasteiger partial charge in [0, 0.05) is 49.6 Å². The quantitative estimate of drug-likeness (QED) is 0.291. The van der Waals surface area contributed by atoms with Crippen molar-refractivity contribution in [2.24, 2.45) is 5.92 Å². The summed E-state index contributed by atoms with van der Waals surface area (Å²) in [6.07, 6.45) is 5.88. The Hall–Kier alpha value is -4.47. The standard InChI is InChI=1S/C36H41N3O6/c1-26(9-8-13-33(41)37(21-22-40)24-27-10-4-3-5-11-27)36(44)31-23-30(45-2)18-19-32(31)39(35(36)43)25-28-14-16-29(17-15-28)38-20-7-6-12-34(38)42/h3-5,8-11,14-19,23,26,40,44H,6-7,12-13,20-22,24-25H2,1-2H3/b9-8+/t26-,36+/m1/s1. The van der Waals surface area contributed by atoms with Gasteiger partial charge in [-0.3, -0.25) is 14.4 Å². The number of methoxy groups -OCH3 is 1. The number of fused-ring (bicyclic) bond motifs is 1. The molecule has 45 heavy (non-hydrogen) atoms. The van der Waals surface area contributed by atoms with E-state index < -0.39 is 17.4 Å². The van der Waals surface area contributed by atoms with Gasteiger partial charge in [0.25, 0.3) is 5.91 Å². The van der Waals surface area contributed by atoms with Gasteiger partial charge < -0.3 is 29.6 Å². The Bertz CT molecular complexity index is 1540. The number of nitrogens with zero attached hydrogens (tertiary/aromatic N) is 3. The van der Waals surface area contributed by atoms with E-state index in [1.807, 2.05) is 54.6 Å². The van der Waals surface area contributed by atoms with Crippen molar-refractivity contribution in [3.63, 3.8) is 0 Å². The van der Waals surface area contributed by atoms with Crippen molar-refractivity contribution in [3.8, 4) is 5.75 Å². The fourth-order valence-electron chi connectivity index (χ4n) is 6.11. The van der Waals surface area contributed by atoms with Crippen molar-refractivity contribution in [3.05, 3.63) is 102 Å². The second kappa shape index (κ2) is 14.1. The average Bonchev–Trinajstić information content (AvgIpc) is 3.27. The molecule has 1 fully saturated rings. The molecule has 0 radical (unpaired) electrons.